The second kappa shape index (κ2) is 7.80. The van der Waals surface area contributed by atoms with Gasteiger partial charge in [0, 0.05) is 51.4 Å². The highest BCUT2D eigenvalue weighted by Crippen LogP contribution is 2.10. The molecular weight excluding hydrogens is 316 g/mol. The molecule has 0 spiro atoms. The summed E-state index contributed by atoms with van der Waals surface area (Å²) >= 11 is 0. The van der Waals surface area contributed by atoms with E-state index in [1.165, 1.54) is 0 Å². The van der Waals surface area contributed by atoms with Gasteiger partial charge in [-0.2, -0.15) is 0 Å². The summed E-state index contributed by atoms with van der Waals surface area (Å²) < 4.78 is 1.83. The van der Waals surface area contributed by atoms with Crippen LogP contribution in [0.25, 0.3) is 10.9 Å². The van der Waals surface area contributed by atoms with Crippen molar-refractivity contribution in [3.63, 3.8) is 0 Å². The van der Waals surface area contributed by atoms with E-state index in [1.54, 1.807) is 12.3 Å². The summed E-state index contributed by atoms with van der Waals surface area (Å²) in [4.78, 5) is 29.7. The number of hydrogen-bond donors (Lipinski definition) is 1. The first-order valence-electron chi connectivity index (χ1n) is 8.84. The van der Waals surface area contributed by atoms with Gasteiger partial charge in [0.05, 0.1) is 5.52 Å². The average Bonchev–Trinajstić information content (AvgIpc) is 2.63. The van der Waals surface area contributed by atoms with Crippen molar-refractivity contribution in [1.29, 1.82) is 0 Å². The summed E-state index contributed by atoms with van der Waals surface area (Å²) in [6.07, 6.45) is 2.52. The Hall–Kier alpha value is -2.18. The summed E-state index contributed by atoms with van der Waals surface area (Å²) in [6, 6.07) is 7.36. The number of pyridine rings is 1. The lowest BCUT2D eigenvalue weighted by molar-refractivity contribution is 0.0948. The molecule has 1 saturated heterocycles. The summed E-state index contributed by atoms with van der Waals surface area (Å²) in [7, 11) is 3.99. The van der Waals surface area contributed by atoms with Crippen molar-refractivity contribution in [3.8, 4) is 0 Å². The van der Waals surface area contributed by atoms with E-state index in [1.807, 2.05) is 29.8 Å². The van der Waals surface area contributed by atoms with Crippen LogP contribution < -0.4 is 10.7 Å². The van der Waals surface area contributed by atoms with Crippen molar-refractivity contribution in [1.82, 2.24) is 19.7 Å². The Morgan fingerprint density at radius 2 is 1.84 bits per heavy atom. The number of aromatic nitrogens is 1. The quantitative estimate of drug-likeness (QED) is 0.821. The molecule has 1 aromatic heterocycles. The average molecular weight is 342 g/mol. The van der Waals surface area contributed by atoms with Gasteiger partial charge in [0.2, 0.25) is 5.43 Å². The second-order valence-electron chi connectivity index (χ2n) is 6.75. The number of likely N-dealkylation sites (N-methyl/N-ethyl adjacent to an activating group) is 1. The van der Waals surface area contributed by atoms with E-state index >= 15 is 0 Å². The molecule has 2 aromatic rings. The molecule has 134 valence electrons. The first-order chi connectivity index (χ1) is 12.1. The Labute approximate surface area is 148 Å². The number of nitrogens with one attached hydrogen (secondary N) is 1. The molecule has 1 aliphatic heterocycles. The standard InChI is InChI=1S/C19H26N4O2/c1-21-10-12-23(13-11-21)9-5-8-20-19(25)16-14-22(2)17-7-4-3-6-15(17)18(16)24/h3-4,6-7,14H,5,8-13H2,1-2H3,(H,20,25). The lowest BCUT2D eigenvalue weighted by Gasteiger charge is -2.32. The van der Waals surface area contributed by atoms with Crippen LogP contribution in [0.4, 0.5) is 0 Å². The minimum atomic E-state index is -0.287. The zero-order valence-electron chi connectivity index (χ0n) is 15.0. The predicted octanol–water partition coefficient (Wildman–Crippen LogP) is 0.906. The molecule has 1 fully saturated rings. The fourth-order valence-corrected chi connectivity index (χ4v) is 3.27. The Bertz CT molecular complexity index is 807. The Balaban J connectivity index is 1.57. The van der Waals surface area contributed by atoms with Gasteiger partial charge in [-0.15, -0.1) is 0 Å². The van der Waals surface area contributed by atoms with Gasteiger partial charge >= 0.3 is 0 Å². The molecule has 2 heterocycles. The highest BCUT2D eigenvalue weighted by atomic mass is 16.2. The van der Waals surface area contributed by atoms with Crippen LogP contribution in [0.5, 0.6) is 0 Å². The smallest absolute Gasteiger partial charge is 0.256 e. The summed E-state index contributed by atoms with van der Waals surface area (Å²) in [5, 5.41) is 3.47. The summed E-state index contributed by atoms with van der Waals surface area (Å²) in [5.74, 6) is -0.287. The lowest BCUT2D eigenvalue weighted by atomic mass is 10.1. The maximum absolute atomic E-state index is 12.5. The number of para-hydroxylation sites is 1. The van der Waals surface area contributed by atoms with Crippen molar-refractivity contribution < 1.29 is 4.79 Å². The Kier molecular flexibility index (Phi) is 5.50. The fourth-order valence-electron chi connectivity index (χ4n) is 3.27. The highest BCUT2D eigenvalue weighted by Gasteiger charge is 2.15. The van der Waals surface area contributed by atoms with E-state index in [4.69, 9.17) is 0 Å². The second-order valence-corrected chi connectivity index (χ2v) is 6.75. The van der Waals surface area contributed by atoms with Gasteiger partial charge in [-0.25, -0.2) is 0 Å². The van der Waals surface area contributed by atoms with Gasteiger partial charge in [-0.3, -0.25) is 9.59 Å². The topological polar surface area (TPSA) is 57.6 Å². The van der Waals surface area contributed by atoms with Gasteiger partial charge in [0.15, 0.2) is 0 Å². The van der Waals surface area contributed by atoms with Crippen LogP contribution in [0.15, 0.2) is 35.3 Å². The number of carbonyl (C=O) groups excluding carboxylic acids is 1. The molecule has 1 N–H and O–H groups in total. The number of aryl methyl sites for hydroxylation is 1. The molecule has 0 saturated carbocycles. The molecule has 0 unspecified atom stereocenters. The number of carbonyl (C=O) groups is 1. The largest absolute Gasteiger partial charge is 0.352 e. The van der Waals surface area contributed by atoms with E-state index in [-0.39, 0.29) is 16.9 Å². The molecule has 0 atom stereocenters. The van der Waals surface area contributed by atoms with Crippen LogP contribution in [0.1, 0.15) is 16.8 Å². The number of hydrogen-bond acceptors (Lipinski definition) is 4. The third kappa shape index (κ3) is 4.08. The number of rotatable bonds is 5. The zero-order valence-corrected chi connectivity index (χ0v) is 15.0. The monoisotopic (exact) mass is 342 g/mol. The Morgan fingerprint density at radius 1 is 1.12 bits per heavy atom. The van der Waals surface area contributed by atoms with Crippen molar-refractivity contribution >= 4 is 16.8 Å². The molecule has 0 radical (unpaired) electrons. The predicted molar refractivity (Wildman–Crippen MR) is 100 cm³/mol. The maximum Gasteiger partial charge on any atom is 0.256 e. The molecule has 6 nitrogen and oxygen atoms in total. The molecule has 1 aromatic carbocycles. The first-order valence-corrected chi connectivity index (χ1v) is 8.84. The van der Waals surface area contributed by atoms with E-state index in [9.17, 15) is 9.59 Å². The lowest BCUT2D eigenvalue weighted by Crippen LogP contribution is -2.45. The maximum atomic E-state index is 12.5. The van der Waals surface area contributed by atoms with Crippen LogP contribution in [0, 0.1) is 0 Å². The molecule has 1 amide bonds. The van der Waals surface area contributed by atoms with Crippen LogP contribution in [-0.4, -0.2) is 66.6 Å². The minimum Gasteiger partial charge on any atom is -0.352 e. The summed E-state index contributed by atoms with van der Waals surface area (Å²) in [5.41, 5.74) is 0.838. The van der Waals surface area contributed by atoms with Crippen molar-refractivity contribution in [2.45, 2.75) is 6.42 Å². The molecule has 25 heavy (non-hydrogen) atoms. The van der Waals surface area contributed by atoms with Crippen LogP contribution in [0.3, 0.4) is 0 Å². The van der Waals surface area contributed by atoms with E-state index in [0.29, 0.717) is 11.9 Å². The third-order valence-electron chi connectivity index (χ3n) is 4.87. The van der Waals surface area contributed by atoms with Crippen molar-refractivity contribution in [2.75, 3.05) is 46.3 Å². The van der Waals surface area contributed by atoms with Crippen molar-refractivity contribution in [3.05, 3.63) is 46.2 Å². The van der Waals surface area contributed by atoms with Crippen LogP contribution >= 0.6 is 0 Å². The molecule has 0 bridgehead atoms. The van der Waals surface area contributed by atoms with E-state index < -0.39 is 0 Å². The molecule has 3 rings (SSSR count). The first kappa shape index (κ1) is 17.6. The highest BCUT2D eigenvalue weighted by molar-refractivity contribution is 5.97. The van der Waals surface area contributed by atoms with Gasteiger partial charge in [0.1, 0.15) is 5.56 Å². The number of amides is 1. The summed E-state index contributed by atoms with van der Waals surface area (Å²) in [6.45, 7) is 5.91. The normalized spacial score (nSPS) is 16.2. The van der Waals surface area contributed by atoms with Crippen LogP contribution in [-0.2, 0) is 7.05 Å². The van der Waals surface area contributed by atoms with Crippen molar-refractivity contribution in [2.24, 2.45) is 7.05 Å². The van der Waals surface area contributed by atoms with Gasteiger partial charge in [-0.05, 0) is 32.1 Å². The fraction of sp³-hybridized carbons (Fsp3) is 0.474. The number of nitrogens with zero attached hydrogens (tertiary/aromatic N) is 3. The molecule has 0 aliphatic carbocycles. The number of fused-ring (bicyclic) bond motifs is 1. The molecule has 6 heteroatoms. The number of benzene rings is 1. The van der Waals surface area contributed by atoms with Gasteiger partial charge in [0.25, 0.3) is 5.91 Å². The number of piperazine rings is 1. The van der Waals surface area contributed by atoms with Crippen LogP contribution in [0.2, 0.25) is 0 Å². The van der Waals surface area contributed by atoms with Gasteiger partial charge in [-0.1, -0.05) is 12.1 Å². The zero-order chi connectivity index (χ0) is 17.8. The van der Waals surface area contributed by atoms with Gasteiger partial charge < -0.3 is 19.7 Å². The SMILES string of the molecule is CN1CCN(CCCNC(=O)c2cn(C)c3ccccc3c2=O)CC1. The minimum absolute atomic E-state index is 0.203. The molecular formula is C19H26N4O2. The third-order valence-corrected chi connectivity index (χ3v) is 4.87. The van der Waals surface area contributed by atoms with E-state index in [0.717, 1.165) is 44.7 Å². The van der Waals surface area contributed by atoms with E-state index in [2.05, 4.69) is 22.2 Å². The molecule has 1 aliphatic rings. The Morgan fingerprint density at radius 3 is 2.60 bits per heavy atom.